The van der Waals surface area contributed by atoms with Gasteiger partial charge < -0.3 is 24.4 Å². The molecule has 0 unspecified atom stereocenters. The van der Waals surface area contributed by atoms with Gasteiger partial charge in [-0.3, -0.25) is 9.59 Å². The quantitative estimate of drug-likeness (QED) is 0.720. The lowest BCUT2D eigenvalue weighted by atomic mass is 10.2. The summed E-state index contributed by atoms with van der Waals surface area (Å²) in [5.74, 6) is 0.419. The van der Waals surface area contributed by atoms with E-state index in [0.717, 1.165) is 6.42 Å². The van der Waals surface area contributed by atoms with Gasteiger partial charge >= 0.3 is 5.97 Å². The number of thioether (sulfide) groups is 1. The van der Waals surface area contributed by atoms with E-state index in [4.69, 9.17) is 14.2 Å². The highest BCUT2D eigenvalue weighted by atomic mass is 32.2. The van der Waals surface area contributed by atoms with Gasteiger partial charge in [-0.15, -0.1) is 11.8 Å². The number of benzene rings is 1. The van der Waals surface area contributed by atoms with Crippen LogP contribution >= 0.6 is 11.8 Å². The number of esters is 1. The monoisotopic (exact) mass is 408 g/mol. The molecule has 2 heterocycles. The second-order valence-electron chi connectivity index (χ2n) is 6.90. The number of methoxy groups -OCH3 is 2. The Kier molecular flexibility index (Phi) is 5.74. The van der Waals surface area contributed by atoms with Crippen molar-refractivity contribution in [3.05, 3.63) is 18.2 Å². The van der Waals surface area contributed by atoms with Gasteiger partial charge in [0.1, 0.15) is 6.04 Å². The molecule has 0 bridgehead atoms. The van der Waals surface area contributed by atoms with Crippen molar-refractivity contribution >= 4 is 35.2 Å². The molecule has 2 saturated heterocycles. The first-order chi connectivity index (χ1) is 13.3. The number of carbonyl (C=O) groups excluding carboxylic acids is 3. The van der Waals surface area contributed by atoms with Gasteiger partial charge in [-0.2, -0.15) is 0 Å². The van der Waals surface area contributed by atoms with Crippen LogP contribution in [0.3, 0.4) is 0 Å². The summed E-state index contributed by atoms with van der Waals surface area (Å²) in [6.45, 7) is 3.46. The predicted octanol–water partition coefficient (Wildman–Crippen LogP) is 2.03. The molecule has 0 aliphatic carbocycles. The molecular weight excluding hydrogens is 384 g/mol. The third kappa shape index (κ3) is 3.76. The highest BCUT2D eigenvalue weighted by Gasteiger charge is 2.53. The Balaban J connectivity index is 1.61. The highest BCUT2D eigenvalue weighted by Crippen LogP contribution is 2.47. The van der Waals surface area contributed by atoms with Crippen molar-refractivity contribution in [2.75, 3.05) is 25.3 Å². The summed E-state index contributed by atoms with van der Waals surface area (Å²) >= 11 is 1.58. The summed E-state index contributed by atoms with van der Waals surface area (Å²) in [7, 11) is 3.02. The maximum Gasteiger partial charge on any atom is 0.330 e. The van der Waals surface area contributed by atoms with E-state index >= 15 is 0 Å². The largest absolute Gasteiger partial charge is 0.493 e. The van der Waals surface area contributed by atoms with E-state index in [2.05, 4.69) is 5.32 Å². The fourth-order valence-corrected chi connectivity index (χ4v) is 4.88. The molecule has 0 spiro atoms. The van der Waals surface area contributed by atoms with Crippen molar-refractivity contribution < 1.29 is 28.6 Å². The zero-order valence-electron chi connectivity index (χ0n) is 16.3. The van der Waals surface area contributed by atoms with Gasteiger partial charge in [0, 0.05) is 23.9 Å². The smallest absolute Gasteiger partial charge is 0.330 e. The molecule has 1 aromatic carbocycles. The van der Waals surface area contributed by atoms with Crippen LogP contribution in [0.25, 0.3) is 0 Å². The van der Waals surface area contributed by atoms with E-state index in [1.807, 2.05) is 6.92 Å². The Hall–Kier alpha value is -2.42. The summed E-state index contributed by atoms with van der Waals surface area (Å²) in [5, 5.41) is 2.69. The first-order valence-corrected chi connectivity index (χ1v) is 9.97. The maximum absolute atomic E-state index is 12.6. The number of carbonyl (C=O) groups is 3. The Morgan fingerprint density at radius 2 is 2.00 bits per heavy atom. The third-order valence-corrected chi connectivity index (χ3v) is 6.54. The summed E-state index contributed by atoms with van der Waals surface area (Å²) < 4.78 is 15.7. The van der Waals surface area contributed by atoms with E-state index in [-0.39, 0.29) is 10.8 Å². The van der Waals surface area contributed by atoms with E-state index < -0.39 is 24.0 Å². The Morgan fingerprint density at radius 3 is 2.68 bits per heavy atom. The van der Waals surface area contributed by atoms with Crippen LogP contribution in [-0.4, -0.2) is 59.7 Å². The molecule has 28 heavy (non-hydrogen) atoms. The van der Waals surface area contributed by atoms with Gasteiger partial charge in [-0.25, -0.2) is 4.79 Å². The average molecular weight is 408 g/mol. The SMILES string of the molecule is COc1ccc(NC(=O)[C@H](C)OC(=O)[C@H]2CS[C@@]3(C)CCC(=O)N23)cc1OC. The molecule has 9 heteroatoms. The predicted molar refractivity (Wildman–Crippen MR) is 104 cm³/mol. The standard InChI is InChI=1S/C19H24N2O6S/c1-11(17(23)20-12-5-6-14(25-3)15(9-12)26-4)27-18(24)13-10-28-19(2)8-7-16(22)21(13)19/h5-6,9,11,13H,7-8,10H2,1-4H3,(H,20,23)/t11-,13+,19-/m0/s1. The van der Waals surface area contributed by atoms with Crippen molar-refractivity contribution in [2.24, 2.45) is 0 Å². The number of nitrogens with one attached hydrogen (secondary N) is 1. The topological polar surface area (TPSA) is 94.2 Å². The highest BCUT2D eigenvalue weighted by molar-refractivity contribution is 8.01. The molecule has 3 atom stereocenters. The summed E-state index contributed by atoms with van der Waals surface area (Å²) in [6, 6.07) is 4.30. The Labute approximate surface area is 167 Å². The summed E-state index contributed by atoms with van der Waals surface area (Å²) in [4.78, 5) is 38.4. The molecule has 2 fully saturated rings. The van der Waals surface area contributed by atoms with Gasteiger partial charge in [-0.1, -0.05) is 0 Å². The Bertz CT molecular complexity index is 801. The number of hydrogen-bond acceptors (Lipinski definition) is 7. The number of amides is 2. The normalized spacial score (nSPS) is 24.5. The lowest BCUT2D eigenvalue weighted by Gasteiger charge is -2.29. The van der Waals surface area contributed by atoms with Gasteiger partial charge in [-0.05, 0) is 32.4 Å². The van der Waals surface area contributed by atoms with Crippen molar-refractivity contribution in [1.82, 2.24) is 4.90 Å². The van der Waals surface area contributed by atoms with Gasteiger partial charge in [0.15, 0.2) is 17.6 Å². The van der Waals surface area contributed by atoms with Crippen LogP contribution in [0.4, 0.5) is 5.69 Å². The van der Waals surface area contributed by atoms with E-state index in [9.17, 15) is 14.4 Å². The van der Waals surface area contributed by atoms with Crippen LogP contribution in [-0.2, 0) is 19.1 Å². The van der Waals surface area contributed by atoms with Gasteiger partial charge in [0.05, 0.1) is 19.1 Å². The molecular formula is C19H24N2O6S. The zero-order valence-corrected chi connectivity index (χ0v) is 17.1. The molecule has 2 aliphatic heterocycles. The molecule has 1 N–H and O–H groups in total. The van der Waals surface area contributed by atoms with E-state index in [1.165, 1.54) is 21.1 Å². The summed E-state index contributed by atoms with van der Waals surface area (Å²) in [5.41, 5.74) is 0.490. The van der Waals surface area contributed by atoms with Crippen molar-refractivity contribution in [3.63, 3.8) is 0 Å². The lowest BCUT2D eigenvalue weighted by molar-refractivity contribution is -0.160. The van der Waals surface area contributed by atoms with E-state index in [0.29, 0.717) is 29.4 Å². The first-order valence-electron chi connectivity index (χ1n) is 8.98. The minimum absolute atomic E-state index is 0.0446. The lowest BCUT2D eigenvalue weighted by Crippen LogP contribution is -2.48. The van der Waals surface area contributed by atoms with Crippen molar-refractivity contribution in [3.8, 4) is 11.5 Å². The molecule has 2 amide bonds. The van der Waals surface area contributed by atoms with Gasteiger partial charge in [0.2, 0.25) is 5.91 Å². The maximum atomic E-state index is 12.6. The second kappa shape index (κ2) is 7.90. The number of fused-ring (bicyclic) bond motifs is 1. The number of rotatable bonds is 6. The molecule has 2 aliphatic rings. The molecule has 0 aromatic heterocycles. The number of nitrogens with zero attached hydrogens (tertiary/aromatic N) is 1. The molecule has 1 aromatic rings. The second-order valence-corrected chi connectivity index (χ2v) is 8.41. The Morgan fingerprint density at radius 1 is 1.29 bits per heavy atom. The average Bonchev–Trinajstić information content (AvgIpc) is 3.17. The molecule has 152 valence electrons. The number of ether oxygens (including phenoxy) is 3. The van der Waals surface area contributed by atoms with E-state index in [1.54, 1.807) is 34.9 Å². The molecule has 8 nitrogen and oxygen atoms in total. The zero-order chi connectivity index (χ0) is 20.5. The molecule has 0 radical (unpaired) electrons. The minimum atomic E-state index is -1.00. The van der Waals surface area contributed by atoms with Crippen LogP contribution in [0, 0.1) is 0 Å². The summed E-state index contributed by atoms with van der Waals surface area (Å²) in [6.07, 6.45) is 0.147. The first kappa shape index (κ1) is 20.3. The van der Waals surface area contributed by atoms with Crippen LogP contribution in [0.15, 0.2) is 18.2 Å². The van der Waals surface area contributed by atoms with Crippen molar-refractivity contribution in [2.45, 2.75) is 43.7 Å². The van der Waals surface area contributed by atoms with Crippen LogP contribution in [0.5, 0.6) is 11.5 Å². The minimum Gasteiger partial charge on any atom is -0.493 e. The van der Waals surface area contributed by atoms with Crippen molar-refractivity contribution in [1.29, 1.82) is 0 Å². The van der Waals surface area contributed by atoms with Gasteiger partial charge in [0.25, 0.3) is 5.91 Å². The number of anilines is 1. The molecule has 0 saturated carbocycles. The fourth-order valence-electron chi connectivity index (χ4n) is 3.46. The molecule has 3 rings (SSSR count). The fraction of sp³-hybridized carbons (Fsp3) is 0.526. The van der Waals surface area contributed by atoms with Crippen LogP contribution in [0.1, 0.15) is 26.7 Å². The van der Waals surface area contributed by atoms with Crippen LogP contribution < -0.4 is 14.8 Å². The van der Waals surface area contributed by atoms with Crippen LogP contribution in [0.2, 0.25) is 0 Å². The third-order valence-electron chi connectivity index (χ3n) is 5.03. The number of hydrogen-bond donors (Lipinski definition) is 1.